The molecular weight excluding hydrogens is 343 g/mol. The number of rotatable bonds is 4. The maximum Gasteiger partial charge on any atom is 0.257 e. The molecule has 0 bridgehead atoms. The van der Waals surface area contributed by atoms with Gasteiger partial charge in [-0.3, -0.25) is 9.69 Å². The molecule has 2 aromatic rings. The van der Waals surface area contributed by atoms with E-state index in [0.717, 1.165) is 31.6 Å². The van der Waals surface area contributed by atoms with Crippen LogP contribution in [0.2, 0.25) is 0 Å². The van der Waals surface area contributed by atoms with Crippen molar-refractivity contribution < 1.29 is 9.18 Å². The number of halogens is 1. The summed E-state index contributed by atoms with van der Waals surface area (Å²) >= 11 is 0. The minimum absolute atomic E-state index is 0.00221. The van der Waals surface area contributed by atoms with Crippen molar-refractivity contribution >= 4 is 5.91 Å². The molecule has 0 radical (unpaired) electrons. The Hall–Kier alpha value is -2.34. The standard InChI is InChI=1S/C21H27FN4O/c1-15(2)20-13-26(21(27)19-11-23-14-24-16(19)3)10-4-9-25(20)12-17-5-7-18(22)8-6-17/h5-8,11,14-15,20H,4,9-10,12-13H2,1-3H3/t20-/m0/s1. The van der Waals surface area contributed by atoms with Crippen molar-refractivity contribution in [1.29, 1.82) is 0 Å². The molecule has 1 aliphatic heterocycles. The molecule has 1 aromatic heterocycles. The van der Waals surface area contributed by atoms with E-state index in [0.29, 0.717) is 23.7 Å². The lowest BCUT2D eigenvalue weighted by Gasteiger charge is -2.34. The summed E-state index contributed by atoms with van der Waals surface area (Å²) in [5, 5.41) is 0. The van der Waals surface area contributed by atoms with Crippen molar-refractivity contribution in [2.24, 2.45) is 5.92 Å². The molecule has 1 amide bonds. The second kappa shape index (κ2) is 8.57. The van der Waals surface area contributed by atoms with Crippen molar-refractivity contribution in [3.63, 3.8) is 0 Å². The van der Waals surface area contributed by atoms with Crippen LogP contribution in [-0.4, -0.2) is 51.4 Å². The molecule has 1 fully saturated rings. The van der Waals surface area contributed by atoms with Crippen molar-refractivity contribution in [3.8, 4) is 0 Å². The quantitative estimate of drug-likeness (QED) is 0.829. The smallest absolute Gasteiger partial charge is 0.257 e. The van der Waals surface area contributed by atoms with Gasteiger partial charge in [0.2, 0.25) is 0 Å². The highest BCUT2D eigenvalue weighted by molar-refractivity contribution is 5.94. The molecule has 144 valence electrons. The van der Waals surface area contributed by atoms with E-state index in [1.54, 1.807) is 6.20 Å². The maximum atomic E-state index is 13.2. The Bertz CT molecular complexity index is 778. The normalized spacial score (nSPS) is 18.6. The zero-order valence-electron chi connectivity index (χ0n) is 16.2. The van der Waals surface area contributed by atoms with Gasteiger partial charge in [-0.25, -0.2) is 14.4 Å². The molecule has 1 aliphatic rings. The summed E-state index contributed by atoms with van der Waals surface area (Å²) < 4.78 is 13.2. The Balaban J connectivity index is 1.77. The molecule has 0 N–H and O–H groups in total. The van der Waals surface area contributed by atoms with Crippen LogP contribution in [-0.2, 0) is 6.54 Å². The van der Waals surface area contributed by atoms with Gasteiger partial charge in [0.25, 0.3) is 5.91 Å². The summed E-state index contributed by atoms with van der Waals surface area (Å²) in [7, 11) is 0. The van der Waals surface area contributed by atoms with Crippen LogP contribution in [0.3, 0.4) is 0 Å². The predicted octanol–water partition coefficient (Wildman–Crippen LogP) is 3.30. The molecule has 1 saturated heterocycles. The van der Waals surface area contributed by atoms with Crippen molar-refractivity contribution in [2.45, 2.75) is 39.8 Å². The van der Waals surface area contributed by atoms with Gasteiger partial charge in [0.05, 0.1) is 11.3 Å². The highest BCUT2D eigenvalue weighted by Gasteiger charge is 2.30. The van der Waals surface area contributed by atoms with Crippen molar-refractivity contribution in [3.05, 3.63) is 59.4 Å². The van der Waals surface area contributed by atoms with Gasteiger partial charge < -0.3 is 4.90 Å². The first kappa shape index (κ1) is 19.4. The second-order valence-electron chi connectivity index (χ2n) is 7.53. The van der Waals surface area contributed by atoms with Gasteiger partial charge in [-0.2, -0.15) is 0 Å². The number of hydrogen-bond donors (Lipinski definition) is 0. The fourth-order valence-electron chi connectivity index (χ4n) is 3.67. The van der Waals surface area contributed by atoms with Crippen LogP contribution in [0.15, 0.2) is 36.8 Å². The lowest BCUT2D eigenvalue weighted by molar-refractivity contribution is 0.0700. The number of carbonyl (C=O) groups is 1. The van der Waals surface area contributed by atoms with Crippen molar-refractivity contribution in [2.75, 3.05) is 19.6 Å². The molecule has 5 nitrogen and oxygen atoms in total. The van der Waals surface area contributed by atoms with Crippen LogP contribution in [0.5, 0.6) is 0 Å². The highest BCUT2D eigenvalue weighted by atomic mass is 19.1. The molecule has 0 spiro atoms. The van der Waals surface area contributed by atoms with Crippen LogP contribution in [0.4, 0.5) is 4.39 Å². The van der Waals surface area contributed by atoms with E-state index in [2.05, 4.69) is 28.7 Å². The lowest BCUT2D eigenvalue weighted by Crippen LogP contribution is -2.45. The predicted molar refractivity (Wildman–Crippen MR) is 103 cm³/mol. The van der Waals surface area contributed by atoms with E-state index in [1.807, 2.05) is 24.0 Å². The van der Waals surface area contributed by atoms with Gasteiger partial charge in [0.1, 0.15) is 12.1 Å². The first-order valence-electron chi connectivity index (χ1n) is 9.50. The Morgan fingerprint density at radius 2 is 2.00 bits per heavy atom. The van der Waals surface area contributed by atoms with E-state index in [9.17, 15) is 9.18 Å². The van der Waals surface area contributed by atoms with Crippen LogP contribution in [0.25, 0.3) is 0 Å². The second-order valence-corrected chi connectivity index (χ2v) is 7.53. The summed E-state index contributed by atoms with van der Waals surface area (Å²) in [6.45, 7) is 9.28. The summed E-state index contributed by atoms with van der Waals surface area (Å²) in [6, 6.07) is 6.93. The highest BCUT2D eigenvalue weighted by Crippen LogP contribution is 2.21. The minimum atomic E-state index is -0.216. The molecule has 1 atom stereocenters. The molecule has 27 heavy (non-hydrogen) atoms. The van der Waals surface area contributed by atoms with Crippen molar-refractivity contribution in [1.82, 2.24) is 19.8 Å². The lowest BCUT2D eigenvalue weighted by atomic mass is 10.0. The Kier molecular flexibility index (Phi) is 6.16. The Morgan fingerprint density at radius 1 is 1.26 bits per heavy atom. The summed E-state index contributed by atoms with van der Waals surface area (Å²) in [6.07, 6.45) is 3.98. The molecule has 0 aliphatic carbocycles. The zero-order chi connectivity index (χ0) is 19.4. The van der Waals surface area contributed by atoms with E-state index < -0.39 is 0 Å². The van der Waals surface area contributed by atoms with Crippen LogP contribution < -0.4 is 0 Å². The molecular formula is C21H27FN4O. The third-order valence-corrected chi connectivity index (χ3v) is 5.25. The zero-order valence-corrected chi connectivity index (χ0v) is 16.2. The largest absolute Gasteiger partial charge is 0.337 e. The Morgan fingerprint density at radius 3 is 2.67 bits per heavy atom. The molecule has 6 heteroatoms. The number of carbonyl (C=O) groups excluding carboxylic acids is 1. The number of amides is 1. The number of hydrogen-bond acceptors (Lipinski definition) is 4. The fraction of sp³-hybridized carbons (Fsp3) is 0.476. The third kappa shape index (κ3) is 4.69. The van der Waals surface area contributed by atoms with Crippen LogP contribution in [0, 0.1) is 18.7 Å². The van der Waals surface area contributed by atoms with Gasteiger partial charge >= 0.3 is 0 Å². The minimum Gasteiger partial charge on any atom is -0.337 e. The average molecular weight is 370 g/mol. The monoisotopic (exact) mass is 370 g/mol. The summed E-state index contributed by atoms with van der Waals surface area (Å²) in [5.74, 6) is 0.182. The SMILES string of the molecule is Cc1ncncc1C(=O)N1CCCN(Cc2ccc(F)cc2)[C@H](C(C)C)C1. The van der Waals surface area contributed by atoms with Crippen LogP contribution >= 0.6 is 0 Å². The Labute approximate surface area is 160 Å². The average Bonchev–Trinajstić information content (AvgIpc) is 2.86. The molecule has 0 saturated carbocycles. The molecule has 2 heterocycles. The van der Waals surface area contributed by atoms with Gasteiger partial charge in [-0.1, -0.05) is 26.0 Å². The van der Waals surface area contributed by atoms with E-state index >= 15 is 0 Å². The number of nitrogens with zero attached hydrogens (tertiary/aromatic N) is 4. The molecule has 1 aromatic carbocycles. The summed E-state index contributed by atoms with van der Waals surface area (Å²) in [4.78, 5) is 25.5. The summed E-state index contributed by atoms with van der Waals surface area (Å²) in [5.41, 5.74) is 2.38. The third-order valence-electron chi connectivity index (χ3n) is 5.25. The van der Waals surface area contributed by atoms with E-state index in [4.69, 9.17) is 0 Å². The number of aryl methyl sites for hydroxylation is 1. The van der Waals surface area contributed by atoms with E-state index in [1.165, 1.54) is 18.5 Å². The van der Waals surface area contributed by atoms with Gasteiger partial charge in [0, 0.05) is 38.4 Å². The van der Waals surface area contributed by atoms with Gasteiger partial charge in [-0.05, 0) is 37.0 Å². The molecule has 3 rings (SSSR count). The van der Waals surface area contributed by atoms with Gasteiger partial charge in [0.15, 0.2) is 0 Å². The molecule has 0 unspecified atom stereocenters. The first-order chi connectivity index (χ1) is 13.0. The fourth-order valence-corrected chi connectivity index (χ4v) is 3.67. The topological polar surface area (TPSA) is 49.3 Å². The number of benzene rings is 1. The first-order valence-corrected chi connectivity index (χ1v) is 9.50. The van der Waals surface area contributed by atoms with Crippen LogP contribution in [0.1, 0.15) is 41.9 Å². The van der Waals surface area contributed by atoms with E-state index in [-0.39, 0.29) is 17.8 Å². The maximum absolute atomic E-state index is 13.2. The number of aromatic nitrogens is 2. The van der Waals surface area contributed by atoms with Gasteiger partial charge in [-0.15, -0.1) is 0 Å².